The highest BCUT2D eigenvalue weighted by Crippen LogP contribution is 2.33. The summed E-state index contributed by atoms with van der Waals surface area (Å²) < 4.78 is 38.2. The molecule has 0 bridgehead atoms. The third-order valence-corrected chi connectivity index (χ3v) is 3.30. The smallest absolute Gasteiger partial charge is 0.355 e. The average molecular weight is 351 g/mol. The zero-order valence-corrected chi connectivity index (χ0v) is 11.6. The number of nitrogens with one attached hydrogen (secondary N) is 2. The molecule has 0 saturated carbocycles. The van der Waals surface area contributed by atoms with E-state index in [4.69, 9.17) is 0 Å². The summed E-state index contributed by atoms with van der Waals surface area (Å²) in [7, 11) is 0. The molecular weight excluding hydrogens is 341 g/mol. The fourth-order valence-corrected chi connectivity index (χ4v) is 2.35. The standard InChI is InChI=1S/C12H10BrF3N2O2/c13-8-2-7(12(14,15)16)3-9(4-8)18-11(20)6-1-10(19)17-5-6/h2-4,6H,1,5H2,(H,17,19)(H,18,20). The molecule has 1 fully saturated rings. The Morgan fingerprint density at radius 1 is 1.35 bits per heavy atom. The first-order valence-electron chi connectivity index (χ1n) is 5.71. The van der Waals surface area contributed by atoms with Crippen molar-refractivity contribution in [3.8, 4) is 0 Å². The highest BCUT2D eigenvalue weighted by Gasteiger charge is 2.32. The first-order valence-corrected chi connectivity index (χ1v) is 6.50. The van der Waals surface area contributed by atoms with Gasteiger partial charge in [-0.1, -0.05) is 15.9 Å². The van der Waals surface area contributed by atoms with Crippen molar-refractivity contribution in [3.63, 3.8) is 0 Å². The van der Waals surface area contributed by atoms with Crippen LogP contribution in [0.2, 0.25) is 0 Å². The van der Waals surface area contributed by atoms with Crippen molar-refractivity contribution in [2.45, 2.75) is 12.6 Å². The molecule has 2 amide bonds. The van der Waals surface area contributed by atoms with Gasteiger partial charge in [-0.25, -0.2) is 0 Å². The second kappa shape index (κ2) is 5.43. The SMILES string of the molecule is O=C1CC(C(=O)Nc2cc(Br)cc(C(F)(F)F)c2)CN1. The molecule has 2 rings (SSSR count). The number of rotatable bonds is 2. The van der Waals surface area contributed by atoms with E-state index in [9.17, 15) is 22.8 Å². The van der Waals surface area contributed by atoms with E-state index >= 15 is 0 Å². The van der Waals surface area contributed by atoms with Crippen LogP contribution in [0.25, 0.3) is 0 Å². The molecule has 108 valence electrons. The van der Waals surface area contributed by atoms with Crippen LogP contribution in [0.3, 0.4) is 0 Å². The lowest BCUT2D eigenvalue weighted by atomic mass is 10.1. The van der Waals surface area contributed by atoms with E-state index in [1.807, 2.05) is 0 Å². The van der Waals surface area contributed by atoms with Crippen LogP contribution in [-0.2, 0) is 15.8 Å². The Kier molecular flexibility index (Phi) is 4.03. The number of alkyl halides is 3. The molecule has 1 aromatic rings. The zero-order valence-electron chi connectivity index (χ0n) is 10.1. The normalized spacial score (nSPS) is 18.8. The molecule has 4 nitrogen and oxygen atoms in total. The third-order valence-electron chi connectivity index (χ3n) is 2.84. The number of anilines is 1. The molecule has 2 N–H and O–H groups in total. The van der Waals surface area contributed by atoms with Gasteiger partial charge in [0.05, 0.1) is 11.5 Å². The third kappa shape index (κ3) is 3.50. The minimum atomic E-state index is -4.49. The lowest BCUT2D eigenvalue weighted by Crippen LogP contribution is -2.24. The van der Waals surface area contributed by atoms with E-state index in [1.54, 1.807) is 0 Å². The second-order valence-corrected chi connectivity index (χ2v) is 5.34. The van der Waals surface area contributed by atoms with Crippen molar-refractivity contribution in [1.82, 2.24) is 5.32 Å². The minimum absolute atomic E-state index is 0.0380. The van der Waals surface area contributed by atoms with Gasteiger partial charge in [0, 0.05) is 23.1 Å². The maximum absolute atomic E-state index is 12.6. The van der Waals surface area contributed by atoms with E-state index in [1.165, 1.54) is 6.07 Å². The van der Waals surface area contributed by atoms with Crippen LogP contribution in [0.15, 0.2) is 22.7 Å². The summed E-state index contributed by atoms with van der Waals surface area (Å²) in [6.07, 6.45) is -4.44. The average Bonchev–Trinajstić information content (AvgIpc) is 2.74. The quantitative estimate of drug-likeness (QED) is 0.861. The fraction of sp³-hybridized carbons (Fsp3) is 0.333. The number of amides is 2. The van der Waals surface area contributed by atoms with Gasteiger partial charge in [0.1, 0.15) is 0 Å². The maximum Gasteiger partial charge on any atom is 0.416 e. The molecule has 1 heterocycles. The lowest BCUT2D eigenvalue weighted by Gasteiger charge is -2.12. The molecule has 0 aliphatic carbocycles. The predicted molar refractivity (Wildman–Crippen MR) is 68.9 cm³/mol. The number of carbonyl (C=O) groups is 2. The Bertz CT molecular complexity index is 560. The van der Waals surface area contributed by atoms with E-state index in [0.717, 1.165) is 12.1 Å². The van der Waals surface area contributed by atoms with Gasteiger partial charge >= 0.3 is 6.18 Å². The van der Waals surface area contributed by atoms with Crippen molar-refractivity contribution >= 4 is 33.4 Å². The second-order valence-electron chi connectivity index (χ2n) is 4.42. The predicted octanol–water partition coefficient (Wildman–Crippen LogP) is 2.54. The van der Waals surface area contributed by atoms with Crippen LogP contribution in [0.4, 0.5) is 18.9 Å². The molecule has 1 aliphatic rings. The van der Waals surface area contributed by atoms with Crippen LogP contribution in [-0.4, -0.2) is 18.4 Å². The number of hydrogen-bond acceptors (Lipinski definition) is 2. The summed E-state index contributed by atoms with van der Waals surface area (Å²) in [5, 5.41) is 4.89. The summed E-state index contributed by atoms with van der Waals surface area (Å²) in [6.45, 7) is 0.199. The van der Waals surface area contributed by atoms with Crippen molar-refractivity contribution < 1.29 is 22.8 Å². The molecule has 1 unspecified atom stereocenters. The molecule has 20 heavy (non-hydrogen) atoms. The summed E-state index contributed by atoms with van der Waals surface area (Å²) >= 11 is 2.97. The topological polar surface area (TPSA) is 58.2 Å². The summed E-state index contributed by atoms with van der Waals surface area (Å²) in [4.78, 5) is 22.8. The molecule has 0 spiro atoms. The Labute approximate surface area is 120 Å². The highest BCUT2D eigenvalue weighted by atomic mass is 79.9. The molecule has 1 aliphatic heterocycles. The van der Waals surface area contributed by atoms with E-state index in [-0.39, 0.29) is 29.0 Å². The molecule has 0 radical (unpaired) electrons. The largest absolute Gasteiger partial charge is 0.416 e. The molecule has 0 aromatic heterocycles. The van der Waals surface area contributed by atoms with Crippen molar-refractivity contribution in [3.05, 3.63) is 28.2 Å². The van der Waals surface area contributed by atoms with Crippen LogP contribution in [0.5, 0.6) is 0 Å². The molecule has 1 aromatic carbocycles. The Balaban J connectivity index is 2.15. The summed E-state index contributed by atoms with van der Waals surface area (Å²) in [5.41, 5.74) is -0.821. The van der Waals surface area contributed by atoms with Crippen LogP contribution in [0, 0.1) is 5.92 Å². The Hall–Kier alpha value is -1.57. The summed E-state index contributed by atoms with van der Waals surface area (Å²) in [6, 6.07) is 3.15. The van der Waals surface area contributed by atoms with E-state index < -0.39 is 23.6 Å². The van der Waals surface area contributed by atoms with Crippen molar-refractivity contribution in [2.75, 3.05) is 11.9 Å². The molecule has 1 atom stereocenters. The van der Waals surface area contributed by atoms with Gasteiger partial charge in [0.2, 0.25) is 11.8 Å². The molecule has 8 heteroatoms. The van der Waals surface area contributed by atoms with Crippen LogP contribution >= 0.6 is 15.9 Å². The van der Waals surface area contributed by atoms with Crippen molar-refractivity contribution in [1.29, 1.82) is 0 Å². The molecule has 1 saturated heterocycles. The fourth-order valence-electron chi connectivity index (χ4n) is 1.86. The first kappa shape index (κ1) is 14.8. The van der Waals surface area contributed by atoms with Crippen LogP contribution < -0.4 is 10.6 Å². The molecular formula is C12H10BrF3N2O2. The van der Waals surface area contributed by atoms with Gasteiger partial charge in [-0.2, -0.15) is 13.2 Å². The number of hydrogen-bond donors (Lipinski definition) is 2. The minimum Gasteiger partial charge on any atom is -0.355 e. The zero-order chi connectivity index (χ0) is 14.9. The van der Waals surface area contributed by atoms with Gasteiger partial charge in [-0.15, -0.1) is 0 Å². The number of carbonyl (C=O) groups excluding carboxylic acids is 2. The monoisotopic (exact) mass is 350 g/mol. The highest BCUT2D eigenvalue weighted by molar-refractivity contribution is 9.10. The summed E-state index contributed by atoms with van der Waals surface area (Å²) in [5.74, 6) is -1.28. The van der Waals surface area contributed by atoms with E-state index in [0.29, 0.717) is 0 Å². The van der Waals surface area contributed by atoms with Crippen molar-refractivity contribution in [2.24, 2.45) is 5.92 Å². The van der Waals surface area contributed by atoms with Gasteiger partial charge in [0.25, 0.3) is 0 Å². The van der Waals surface area contributed by atoms with Crippen LogP contribution in [0.1, 0.15) is 12.0 Å². The Morgan fingerprint density at radius 2 is 2.05 bits per heavy atom. The van der Waals surface area contributed by atoms with Gasteiger partial charge in [-0.3, -0.25) is 9.59 Å². The van der Waals surface area contributed by atoms with Gasteiger partial charge in [-0.05, 0) is 18.2 Å². The van der Waals surface area contributed by atoms with E-state index in [2.05, 4.69) is 26.6 Å². The maximum atomic E-state index is 12.6. The first-order chi connectivity index (χ1) is 9.25. The Morgan fingerprint density at radius 3 is 2.60 bits per heavy atom. The van der Waals surface area contributed by atoms with Gasteiger partial charge in [0.15, 0.2) is 0 Å². The number of halogens is 4. The lowest BCUT2D eigenvalue weighted by molar-refractivity contribution is -0.137. The number of benzene rings is 1. The van der Waals surface area contributed by atoms with Gasteiger partial charge < -0.3 is 10.6 Å².